The van der Waals surface area contributed by atoms with Crippen molar-refractivity contribution in [2.45, 2.75) is 58.8 Å². The Morgan fingerprint density at radius 2 is 1.86 bits per heavy atom. The minimum absolute atomic E-state index is 0.479. The molecular weight excluding hydrogens is 254 g/mol. The fourth-order valence-electron chi connectivity index (χ4n) is 2.48. The van der Waals surface area contributed by atoms with E-state index in [0.717, 1.165) is 5.52 Å². The van der Waals surface area contributed by atoms with E-state index in [9.17, 15) is 0 Å². The maximum absolute atomic E-state index is 4.77. The summed E-state index contributed by atoms with van der Waals surface area (Å²) in [5.41, 5.74) is 3.53. The van der Waals surface area contributed by atoms with Crippen LogP contribution in [0.15, 0.2) is 36.4 Å². The van der Waals surface area contributed by atoms with Crippen molar-refractivity contribution < 1.29 is 0 Å². The molecule has 0 unspecified atom stereocenters. The molecule has 0 fully saturated rings. The second-order valence-corrected chi connectivity index (χ2v) is 6.09. The van der Waals surface area contributed by atoms with Crippen LogP contribution < -0.4 is 0 Å². The second-order valence-electron chi connectivity index (χ2n) is 6.09. The number of hydrogen-bond acceptors (Lipinski definition) is 1. The summed E-state index contributed by atoms with van der Waals surface area (Å²) in [6.07, 6.45) is 11.0. The lowest BCUT2D eigenvalue weighted by atomic mass is 10.1. The highest BCUT2D eigenvalue weighted by Gasteiger charge is 2.02. The van der Waals surface area contributed by atoms with Crippen molar-refractivity contribution >= 4 is 17.0 Å². The third kappa shape index (κ3) is 4.70. The normalized spacial score (nSPS) is 11.8. The number of hydrogen-bond donors (Lipinski definition) is 0. The molecule has 112 valence electrons. The van der Waals surface area contributed by atoms with Crippen LogP contribution in [0, 0.1) is 0 Å². The van der Waals surface area contributed by atoms with E-state index < -0.39 is 0 Å². The smallest absolute Gasteiger partial charge is 0.0711 e. The number of nitrogens with zero attached hydrogens (tertiary/aromatic N) is 1. The molecule has 0 amide bonds. The van der Waals surface area contributed by atoms with Gasteiger partial charge in [0.25, 0.3) is 0 Å². The summed E-state index contributed by atoms with van der Waals surface area (Å²) in [6.45, 7) is 6.63. The van der Waals surface area contributed by atoms with Gasteiger partial charge >= 0.3 is 0 Å². The van der Waals surface area contributed by atoms with E-state index in [2.05, 4.69) is 63.3 Å². The van der Waals surface area contributed by atoms with Gasteiger partial charge in [-0.1, -0.05) is 70.4 Å². The van der Waals surface area contributed by atoms with Crippen LogP contribution in [0.4, 0.5) is 0 Å². The van der Waals surface area contributed by atoms with Crippen molar-refractivity contribution in [1.29, 1.82) is 0 Å². The average Bonchev–Trinajstić information content (AvgIpc) is 2.50. The number of unbranched alkanes of at least 4 members (excludes halogenated alkanes) is 4. The number of fused-ring (bicyclic) bond motifs is 1. The summed E-state index contributed by atoms with van der Waals surface area (Å²) in [7, 11) is 0. The van der Waals surface area contributed by atoms with Crippen molar-refractivity contribution in [3.05, 3.63) is 47.7 Å². The minimum atomic E-state index is 0.479. The average molecular weight is 281 g/mol. The van der Waals surface area contributed by atoms with E-state index in [-0.39, 0.29) is 0 Å². The number of aromatic nitrogens is 1. The first-order chi connectivity index (χ1) is 10.2. The summed E-state index contributed by atoms with van der Waals surface area (Å²) < 4.78 is 0. The Bertz CT molecular complexity index is 596. The molecular formula is C20H27N. The molecule has 1 aromatic heterocycles. The molecule has 0 bridgehead atoms. The number of benzene rings is 1. The summed E-state index contributed by atoms with van der Waals surface area (Å²) >= 11 is 0. The van der Waals surface area contributed by atoms with Crippen LogP contribution in [-0.2, 0) is 0 Å². The van der Waals surface area contributed by atoms with E-state index in [1.165, 1.54) is 48.7 Å². The molecule has 1 nitrogen and oxygen atoms in total. The molecule has 0 aliphatic heterocycles. The Morgan fingerprint density at radius 1 is 1.05 bits per heavy atom. The molecule has 21 heavy (non-hydrogen) atoms. The molecule has 0 saturated carbocycles. The highest BCUT2D eigenvalue weighted by Crippen LogP contribution is 2.19. The second kappa shape index (κ2) is 7.97. The van der Waals surface area contributed by atoms with Crippen molar-refractivity contribution in [1.82, 2.24) is 4.98 Å². The number of allylic oxidation sites excluding steroid dienone is 1. The molecule has 2 aromatic rings. The van der Waals surface area contributed by atoms with E-state index in [1.54, 1.807) is 0 Å². The van der Waals surface area contributed by atoms with Crippen molar-refractivity contribution in [2.75, 3.05) is 0 Å². The van der Waals surface area contributed by atoms with E-state index >= 15 is 0 Å². The predicted molar refractivity (Wildman–Crippen MR) is 93.6 cm³/mol. The maximum atomic E-state index is 4.77. The molecule has 1 heterocycles. The monoisotopic (exact) mass is 281 g/mol. The fraction of sp³-hybridized carbons (Fsp3) is 0.450. The summed E-state index contributed by atoms with van der Waals surface area (Å²) in [6, 6.07) is 10.9. The Balaban J connectivity index is 2.05. The zero-order valence-corrected chi connectivity index (χ0v) is 13.6. The molecule has 0 N–H and O–H groups in total. The van der Waals surface area contributed by atoms with Gasteiger partial charge in [0.1, 0.15) is 0 Å². The van der Waals surface area contributed by atoms with Crippen LogP contribution >= 0.6 is 0 Å². The standard InChI is InChI=1S/C20H27N/c1-4-5-6-7-8-9-10-17-11-12-18-13-14-19(16(2)3)21-20(18)15-17/h9-16H,4-8H2,1-3H3/b10-9+. The van der Waals surface area contributed by atoms with Crippen molar-refractivity contribution in [2.24, 2.45) is 0 Å². The van der Waals surface area contributed by atoms with Gasteiger partial charge in [-0.2, -0.15) is 0 Å². The Morgan fingerprint density at radius 3 is 2.62 bits per heavy atom. The molecule has 0 atom stereocenters. The lowest BCUT2D eigenvalue weighted by molar-refractivity contribution is 0.675. The summed E-state index contributed by atoms with van der Waals surface area (Å²) in [5.74, 6) is 0.479. The van der Waals surface area contributed by atoms with Crippen LogP contribution in [0.5, 0.6) is 0 Å². The van der Waals surface area contributed by atoms with Crippen LogP contribution in [0.25, 0.3) is 17.0 Å². The zero-order chi connectivity index (χ0) is 15.1. The summed E-state index contributed by atoms with van der Waals surface area (Å²) in [4.78, 5) is 4.77. The Labute approximate surface area is 129 Å². The van der Waals surface area contributed by atoms with E-state index in [0.29, 0.717) is 5.92 Å². The van der Waals surface area contributed by atoms with Gasteiger partial charge < -0.3 is 0 Å². The first-order valence-electron chi connectivity index (χ1n) is 8.28. The zero-order valence-electron chi connectivity index (χ0n) is 13.6. The highest BCUT2D eigenvalue weighted by molar-refractivity contribution is 5.81. The number of pyridine rings is 1. The van der Waals surface area contributed by atoms with Gasteiger partial charge in [0.2, 0.25) is 0 Å². The van der Waals surface area contributed by atoms with Crippen molar-refractivity contribution in [3.63, 3.8) is 0 Å². The van der Waals surface area contributed by atoms with E-state index in [1.807, 2.05) is 0 Å². The third-order valence-electron chi connectivity index (χ3n) is 3.86. The first kappa shape index (κ1) is 15.8. The third-order valence-corrected chi connectivity index (χ3v) is 3.86. The van der Waals surface area contributed by atoms with Gasteiger partial charge in [-0.3, -0.25) is 4.98 Å². The largest absolute Gasteiger partial charge is 0.253 e. The molecule has 0 aliphatic rings. The van der Waals surface area contributed by atoms with Crippen LogP contribution in [0.1, 0.15) is 70.1 Å². The molecule has 0 spiro atoms. The van der Waals surface area contributed by atoms with Crippen molar-refractivity contribution in [3.8, 4) is 0 Å². The molecule has 2 rings (SSSR count). The van der Waals surface area contributed by atoms with Gasteiger partial charge in [0.05, 0.1) is 5.52 Å². The molecule has 0 radical (unpaired) electrons. The Hall–Kier alpha value is -1.63. The molecule has 1 aromatic carbocycles. The Kier molecular flexibility index (Phi) is 5.98. The van der Waals surface area contributed by atoms with Gasteiger partial charge in [-0.25, -0.2) is 0 Å². The quantitative estimate of drug-likeness (QED) is 0.539. The van der Waals surface area contributed by atoms with Gasteiger partial charge in [0, 0.05) is 11.1 Å². The van der Waals surface area contributed by atoms with Gasteiger partial charge in [-0.05, 0) is 36.5 Å². The lowest BCUT2D eigenvalue weighted by Gasteiger charge is -2.06. The SMILES string of the molecule is CCCCCC/C=C/c1ccc2ccc(C(C)C)nc2c1. The fourth-order valence-corrected chi connectivity index (χ4v) is 2.48. The lowest BCUT2D eigenvalue weighted by Crippen LogP contribution is -1.92. The molecule has 0 aliphatic carbocycles. The first-order valence-corrected chi connectivity index (χ1v) is 8.28. The van der Waals surface area contributed by atoms with E-state index in [4.69, 9.17) is 4.98 Å². The van der Waals surface area contributed by atoms with Crippen LogP contribution in [0.3, 0.4) is 0 Å². The molecule has 1 heteroatoms. The van der Waals surface area contributed by atoms with Gasteiger partial charge in [-0.15, -0.1) is 0 Å². The highest BCUT2D eigenvalue weighted by atomic mass is 14.7. The predicted octanol–water partition coefficient (Wildman–Crippen LogP) is 6.34. The van der Waals surface area contributed by atoms with Crippen LogP contribution in [-0.4, -0.2) is 4.98 Å². The van der Waals surface area contributed by atoms with Gasteiger partial charge in [0.15, 0.2) is 0 Å². The minimum Gasteiger partial charge on any atom is -0.253 e. The number of rotatable bonds is 7. The van der Waals surface area contributed by atoms with Crippen LogP contribution in [0.2, 0.25) is 0 Å². The topological polar surface area (TPSA) is 12.9 Å². The summed E-state index contributed by atoms with van der Waals surface area (Å²) in [5, 5.41) is 1.22. The maximum Gasteiger partial charge on any atom is 0.0711 e. The molecule has 0 saturated heterocycles.